The van der Waals surface area contributed by atoms with Crippen LogP contribution >= 0.6 is 0 Å². The lowest BCUT2D eigenvalue weighted by Crippen LogP contribution is -2.12. The summed E-state index contributed by atoms with van der Waals surface area (Å²) in [5.74, 6) is 0.715. The van der Waals surface area contributed by atoms with E-state index in [1.54, 1.807) is 13.2 Å². The van der Waals surface area contributed by atoms with Gasteiger partial charge < -0.3 is 14.7 Å². The molecule has 0 saturated carbocycles. The first kappa shape index (κ1) is 14.8. The van der Waals surface area contributed by atoms with E-state index in [9.17, 15) is 15.2 Å². The SMILES string of the molecule is COc1cccc(N(C)c2ccc([N+](=O)[O-])cc2CO)c1. The molecule has 0 aliphatic rings. The Kier molecular flexibility index (Phi) is 4.39. The van der Waals surface area contributed by atoms with E-state index < -0.39 is 4.92 Å². The Bertz CT molecular complexity index is 658. The Labute approximate surface area is 122 Å². The molecule has 6 heteroatoms. The molecule has 2 rings (SSSR count). The predicted octanol–water partition coefficient (Wildman–Crippen LogP) is 2.86. The van der Waals surface area contributed by atoms with Gasteiger partial charge in [0.25, 0.3) is 5.69 Å². The highest BCUT2D eigenvalue weighted by molar-refractivity contribution is 5.68. The maximum Gasteiger partial charge on any atom is 0.269 e. The molecule has 0 atom stereocenters. The minimum Gasteiger partial charge on any atom is -0.497 e. The third-order valence-corrected chi connectivity index (χ3v) is 3.25. The van der Waals surface area contributed by atoms with Crippen LogP contribution in [0.25, 0.3) is 0 Å². The van der Waals surface area contributed by atoms with Crippen molar-refractivity contribution in [2.45, 2.75) is 6.61 Å². The fourth-order valence-corrected chi connectivity index (χ4v) is 2.10. The zero-order valence-electron chi connectivity index (χ0n) is 11.8. The van der Waals surface area contributed by atoms with Gasteiger partial charge in [0, 0.05) is 42.2 Å². The van der Waals surface area contributed by atoms with Crippen molar-refractivity contribution >= 4 is 17.1 Å². The van der Waals surface area contributed by atoms with Crippen molar-refractivity contribution < 1.29 is 14.8 Å². The van der Waals surface area contributed by atoms with Crippen molar-refractivity contribution in [1.82, 2.24) is 0 Å². The summed E-state index contributed by atoms with van der Waals surface area (Å²) in [7, 11) is 3.42. The van der Waals surface area contributed by atoms with E-state index in [2.05, 4.69) is 0 Å². The molecule has 0 aliphatic carbocycles. The van der Waals surface area contributed by atoms with E-state index in [-0.39, 0.29) is 12.3 Å². The van der Waals surface area contributed by atoms with Crippen LogP contribution in [0.15, 0.2) is 42.5 Å². The second-order valence-corrected chi connectivity index (χ2v) is 4.49. The van der Waals surface area contributed by atoms with Gasteiger partial charge in [-0.3, -0.25) is 10.1 Å². The van der Waals surface area contributed by atoms with Gasteiger partial charge in [0.15, 0.2) is 0 Å². The van der Waals surface area contributed by atoms with Gasteiger partial charge in [0.05, 0.1) is 18.6 Å². The first-order valence-electron chi connectivity index (χ1n) is 6.32. The van der Waals surface area contributed by atoms with Crippen LogP contribution in [-0.4, -0.2) is 24.2 Å². The molecule has 0 saturated heterocycles. The fourth-order valence-electron chi connectivity index (χ4n) is 2.10. The van der Waals surface area contributed by atoms with Crippen molar-refractivity contribution in [1.29, 1.82) is 0 Å². The van der Waals surface area contributed by atoms with Crippen molar-refractivity contribution in [2.24, 2.45) is 0 Å². The van der Waals surface area contributed by atoms with Crippen molar-refractivity contribution in [2.75, 3.05) is 19.1 Å². The van der Waals surface area contributed by atoms with E-state index >= 15 is 0 Å². The lowest BCUT2D eigenvalue weighted by atomic mass is 10.1. The molecule has 2 aromatic rings. The average Bonchev–Trinajstić information content (AvgIpc) is 2.53. The zero-order chi connectivity index (χ0) is 15.4. The Balaban J connectivity index is 2.42. The number of nitrogens with zero attached hydrogens (tertiary/aromatic N) is 2. The number of aliphatic hydroxyl groups is 1. The van der Waals surface area contributed by atoms with Crippen molar-refractivity contribution in [3.05, 3.63) is 58.1 Å². The summed E-state index contributed by atoms with van der Waals surface area (Å²) in [4.78, 5) is 12.2. The van der Waals surface area contributed by atoms with E-state index in [4.69, 9.17) is 4.74 Å². The summed E-state index contributed by atoms with van der Waals surface area (Å²) in [5, 5.41) is 20.2. The standard InChI is InChI=1S/C15H16N2O4/c1-16(12-4-3-5-14(9-12)21-2)15-7-6-13(17(19)20)8-11(15)10-18/h3-9,18H,10H2,1-2H3. The number of benzene rings is 2. The third-order valence-electron chi connectivity index (χ3n) is 3.25. The zero-order valence-corrected chi connectivity index (χ0v) is 11.8. The third kappa shape index (κ3) is 3.11. The van der Waals surface area contributed by atoms with Crippen molar-refractivity contribution in [3.63, 3.8) is 0 Å². The topological polar surface area (TPSA) is 75.8 Å². The summed E-state index contributed by atoms with van der Waals surface area (Å²) in [6, 6.07) is 11.9. The highest BCUT2D eigenvalue weighted by Gasteiger charge is 2.14. The molecule has 0 aromatic heterocycles. The molecule has 0 bridgehead atoms. The average molecular weight is 288 g/mol. The van der Waals surface area contributed by atoms with Gasteiger partial charge in [0.1, 0.15) is 5.75 Å². The predicted molar refractivity (Wildman–Crippen MR) is 80.1 cm³/mol. The number of nitro benzene ring substituents is 1. The molecule has 0 aliphatic heterocycles. The Morgan fingerprint density at radius 1 is 1.29 bits per heavy atom. The maximum absolute atomic E-state index is 10.8. The number of anilines is 2. The lowest BCUT2D eigenvalue weighted by molar-refractivity contribution is -0.384. The molecule has 0 unspecified atom stereocenters. The number of nitro groups is 1. The van der Waals surface area contributed by atoms with Crippen LogP contribution in [0, 0.1) is 10.1 Å². The van der Waals surface area contributed by atoms with Crippen LogP contribution in [0.2, 0.25) is 0 Å². The molecule has 0 amide bonds. The highest BCUT2D eigenvalue weighted by atomic mass is 16.6. The van der Waals surface area contributed by atoms with Crippen LogP contribution < -0.4 is 9.64 Å². The molecule has 0 spiro atoms. The number of ether oxygens (including phenoxy) is 1. The summed E-state index contributed by atoms with van der Waals surface area (Å²) in [6.45, 7) is -0.272. The van der Waals surface area contributed by atoms with E-state index in [1.807, 2.05) is 36.2 Å². The van der Waals surface area contributed by atoms with Crippen LogP contribution in [0.5, 0.6) is 5.75 Å². The van der Waals surface area contributed by atoms with E-state index in [1.165, 1.54) is 12.1 Å². The molecule has 0 fully saturated rings. The van der Waals surface area contributed by atoms with Crippen molar-refractivity contribution in [3.8, 4) is 5.75 Å². The van der Waals surface area contributed by atoms with Crippen LogP contribution in [0.1, 0.15) is 5.56 Å². The molecular weight excluding hydrogens is 272 g/mol. The van der Waals surface area contributed by atoms with Gasteiger partial charge in [-0.25, -0.2) is 0 Å². The van der Waals surface area contributed by atoms with Gasteiger partial charge in [-0.15, -0.1) is 0 Å². The van der Waals surface area contributed by atoms with Gasteiger partial charge >= 0.3 is 0 Å². The van der Waals surface area contributed by atoms with Crippen LogP contribution in [-0.2, 0) is 6.61 Å². The number of hydrogen-bond acceptors (Lipinski definition) is 5. The van der Waals surface area contributed by atoms with Gasteiger partial charge in [-0.2, -0.15) is 0 Å². The lowest BCUT2D eigenvalue weighted by Gasteiger charge is -2.22. The smallest absolute Gasteiger partial charge is 0.269 e. The molecule has 1 N–H and O–H groups in total. The monoisotopic (exact) mass is 288 g/mol. The summed E-state index contributed by atoms with van der Waals surface area (Å²) in [6.07, 6.45) is 0. The van der Waals surface area contributed by atoms with Crippen LogP contribution in [0.3, 0.4) is 0 Å². The number of rotatable bonds is 5. The maximum atomic E-state index is 10.8. The Morgan fingerprint density at radius 2 is 2.05 bits per heavy atom. The summed E-state index contributed by atoms with van der Waals surface area (Å²) in [5.41, 5.74) is 2.02. The summed E-state index contributed by atoms with van der Waals surface area (Å²) < 4.78 is 5.18. The van der Waals surface area contributed by atoms with Gasteiger partial charge in [-0.05, 0) is 18.2 Å². The molecule has 110 valence electrons. The van der Waals surface area contributed by atoms with Gasteiger partial charge in [-0.1, -0.05) is 6.07 Å². The fraction of sp³-hybridized carbons (Fsp3) is 0.200. The Morgan fingerprint density at radius 3 is 2.67 bits per heavy atom. The molecule has 21 heavy (non-hydrogen) atoms. The minimum absolute atomic E-state index is 0.0400. The highest BCUT2D eigenvalue weighted by Crippen LogP contribution is 2.31. The number of methoxy groups -OCH3 is 1. The molecule has 2 aromatic carbocycles. The number of hydrogen-bond donors (Lipinski definition) is 1. The van der Waals surface area contributed by atoms with E-state index in [0.717, 1.165) is 5.69 Å². The molecule has 6 nitrogen and oxygen atoms in total. The molecule has 0 radical (unpaired) electrons. The normalized spacial score (nSPS) is 10.2. The largest absolute Gasteiger partial charge is 0.497 e. The first-order valence-corrected chi connectivity index (χ1v) is 6.32. The second kappa shape index (κ2) is 6.23. The molecular formula is C15H16N2O4. The number of aliphatic hydroxyl groups excluding tert-OH is 1. The minimum atomic E-state index is -0.478. The first-order chi connectivity index (χ1) is 10.1. The number of non-ortho nitro benzene ring substituents is 1. The van der Waals surface area contributed by atoms with Gasteiger partial charge in [0.2, 0.25) is 0 Å². The van der Waals surface area contributed by atoms with E-state index in [0.29, 0.717) is 17.0 Å². The second-order valence-electron chi connectivity index (χ2n) is 4.49. The van der Waals surface area contributed by atoms with Crippen LogP contribution in [0.4, 0.5) is 17.1 Å². The molecule has 0 heterocycles. The quantitative estimate of drug-likeness (QED) is 0.676. The summed E-state index contributed by atoms with van der Waals surface area (Å²) >= 11 is 0. The Hall–Kier alpha value is -2.60.